The predicted octanol–water partition coefficient (Wildman–Crippen LogP) is 3.78. The number of thiazole rings is 1. The number of methoxy groups -OCH3 is 1. The van der Waals surface area contributed by atoms with Crippen molar-refractivity contribution in [2.24, 2.45) is 10.9 Å². The summed E-state index contributed by atoms with van der Waals surface area (Å²) in [6, 6.07) is 6.34. The van der Waals surface area contributed by atoms with Crippen LogP contribution >= 0.6 is 11.3 Å². The van der Waals surface area contributed by atoms with Gasteiger partial charge in [-0.15, -0.1) is 11.3 Å². The highest BCUT2D eigenvalue weighted by atomic mass is 32.1. The SMILES string of the molecule is CCNC(=NCC1CCN(Cc2csc(C)n2)CC1)NCCc1cc(C)ccc1OC. The van der Waals surface area contributed by atoms with Gasteiger partial charge in [-0.2, -0.15) is 0 Å². The Bertz CT molecular complexity index is 842. The lowest BCUT2D eigenvalue weighted by atomic mass is 9.97. The molecular formula is C24H37N5OS. The van der Waals surface area contributed by atoms with Crippen LogP contribution in [0.1, 0.15) is 41.6 Å². The molecule has 1 saturated heterocycles. The molecule has 1 fully saturated rings. The van der Waals surface area contributed by atoms with E-state index in [1.54, 1.807) is 18.4 Å². The van der Waals surface area contributed by atoms with Crippen molar-refractivity contribution in [3.8, 4) is 5.75 Å². The lowest BCUT2D eigenvalue weighted by molar-refractivity contribution is 0.179. The molecule has 2 heterocycles. The van der Waals surface area contributed by atoms with Crippen molar-refractivity contribution < 1.29 is 4.74 Å². The van der Waals surface area contributed by atoms with E-state index < -0.39 is 0 Å². The second-order valence-electron chi connectivity index (χ2n) is 8.29. The number of guanidine groups is 1. The summed E-state index contributed by atoms with van der Waals surface area (Å²) in [5.41, 5.74) is 3.70. The molecule has 0 amide bonds. The van der Waals surface area contributed by atoms with E-state index in [2.05, 4.69) is 58.8 Å². The van der Waals surface area contributed by atoms with Crippen molar-refractivity contribution in [3.63, 3.8) is 0 Å². The molecule has 6 nitrogen and oxygen atoms in total. The van der Waals surface area contributed by atoms with Gasteiger partial charge in [-0.1, -0.05) is 17.7 Å². The number of likely N-dealkylation sites (tertiary alicyclic amines) is 1. The first-order chi connectivity index (χ1) is 15.1. The fourth-order valence-corrected chi connectivity index (χ4v) is 4.62. The normalized spacial score (nSPS) is 15.8. The fourth-order valence-electron chi connectivity index (χ4n) is 4.02. The molecule has 0 bridgehead atoms. The Balaban J connectivity index is 1.44. The van der Waals surface area contributed by atoms with E-state index in [9.17, 15) is 0 Å². The molecule has 1 aromatic carbocycles. The van der Waals surface area contributed by atoms with Crippen molar-refractivity contribution in [2.75, 3.05) is 39.8 Å². The minimum atomic E-state index is 0.653. The smallest absolute Gasteiger partial charge is 0.191 e. The molecular weight excluding hydrogens is 406 g/mol. The maximum Gasteiger partial charge on any atom is 0.191 e. The first-order valence-electron chi connectivity index (χ1n) is 11.4. The van der Waals surface area contributed by atoms with Crippen molar-refractivity contribution in [3.05, 3.63) is 45.4 Å². The average Bonchev–Trinajstić information content (AvgIpc) is 3.17. The van der Waals surface area contributed by atoms with Gasteiger partial charge in [-0.25, -0.2) is 4.98 Å². The molecule has 2 aromatic rings. The van der Waals surface area contributed by atoms with Crippen molar-refractivity contribution >= 4 is 17.3 Å². The molecule has 31 heavy (non-hydrogen) atoms. The van der Waals surface area contributed by atoms with E-state index in [0.29, 0.717) is 5.92 Å². The van der Waals surface area contributed by atoms with Crippen LogP contribution in [-0.4, -0.2) is 55.7 Å². The standard InChI is InChI=1S/C24H37N5OS/c1-5-25-24(26-11-8-21-14-18(2)6-7-23(21)30-4)27-15-20-9-12-29(13-10-20)16-22-17-31-19(3)28-22/h6-7,14,17,20H,5,8-13,15-16H2,1-4H3,(H2,25,26,27). The van der Waals surface area contributed by atoms with Gasteiger partial charge >= 0.3 is 0 Å². The summed E-state index contributed by atoms with van der Waals surface area (Å²) < 4.78 is 5.50. The molecule has 0 spiro atoms. The monoisotopic (exact) mass is 443 g/mol. The number of aliphatic imine (C=N–C) groups is 1. The van der Waals surface area contributed by atoms with E-state index >= 15 is 0 Å². The van der Waals surface area contributed by atoms with Gasteiger partial charge in [0.25, 0.3) is 0 Å². The summed E-state index contributed by atoms with van der Waals surface area (Å²) in [6.07, 6.45) is 3.31. The lowest BCUT2D eigenvalue weighted by Gasteiger charge is -2.30. The molecule has 0 radical (unpaired) electrons. The predicted molar refractivity (Wildman–Crippen MR) is 130 cm³/mol. The number of nitrogens with one attached hydrogen (secondary N) is 2. The quantitative estimate of drug-likeness (QED) is 0.456. The van der Waals surface area contributed by atoms with Crippen molar-refractivity contribution in [1.82, 2.24) is 20.5 Å². The number of ether oxygens (including phenoxy) is 1. The van der Waals surface area contributed by atoms with Gasteiger partial charge in [0.2, 0.25) is 0 Å². The zero-order valence-corrected chi connectivity index (χ0v) is 20.2. The largest absolute Gasteiger partial charge is 0.496 e. The van der Waals surface area contributed by atoms with Crippen LogP contribution in [0.15, 0.2) is 28.6 Å². The summed E-state index contributed by atoms with van der Waals surface area (Å²) in [5, 5.41) is 10.2. The molecule has 2 N–H and O–H groups in total. The van der Waals surface area contributed by atoms with Crippen LogP contribution in [0.4, 0.5) is 0 Å². The molecule has 1 aliphatic rings. The minimum absolute atomic E-state index is 0.653. The maximum atomic E-state index is 5.50. The van der Waals surface area contributed by atoms with Gasteiger partial charge in [0.1, 0.15) is 5.75 Å². The fraction of sp³-hybridized carbons (Fsp3) is 0.583. The first-order valence-corrected chi connectivity index (χ1v) is 12.2. The topological polar surface area (TPSA) is 61.8 Å². The van der Waals surface area contributed by atoms with Crippen LogP contribution < -0.4 is 15.4 Å². The molecule has 1 aromatic heterocycles. The number of hydrogen-bond donors (Lipinski definition) is 2. The highest BCUT2D eigenvalue weighted by Crippen LogP contribution is 2.21. The third kappa shape index (κ3) is 7.51. The number of benzene rings is 1. The van der Waals surface area contributed by atoms with E-state index in [-0.39, 0.29) is 0 Å². The Labute approximate surface area is 191 Å². The third-order valence-corrected chi connectivity index (χ3v) is 6.56. The Kier molecular flexibility index (Phi) is 9.15. The summed E-state index contributed by atoms with van der Waals surface area (Å²) in [5.74, 6) is 2.52. The Hall–Kier alpha value is -2.12. The minimum Gasteiger partial charge on any atom is -0.496 e. The zero-order valence-electron chi connectivity index (χ0n) is 19.4. The van der Waals surface area contributed by atoms with Gasteiger partial charge < -0.3 is 15.4 Å². The summed E-state index contributed by atoms with van der Waals surface area (Å²) >= 11 is 1.74. The first kappa shape index (κ1) is 23.5. The van der Waals surface area contributed by atoms with Crippen LogP contribution in [0, 0.1) is 19.8 Å². The maximum absolute atomic E-state index is 5.50. The van der Waals surface area contributed by atoms with Gasteiger partial charge in [0.05, 0.1) is 17.8 Å². The third-order valence-electron chi connectivity index (χ3n) is 5.73. The molecule has 7 heteroatoms. The van der Waals surface area contributed by atoms with Crippen LogP contribution in [0.25, 0.3) is 0 Å². The van der Waals surface area contributed by atoms with Gasteiger partial charge in [-0.05, 0) is 70.7 Å². The molecule has 0 unspecified atom stereocenters. The Morgan fingerprint density at radius 1 is 1.26 bits per heavy atom. The molecule has 3 rings (SSSR count). The Morgan fingerprint density at radius 2 is 2.06 bits per heavy atom. The van der Waals surface area contributed by atoms with Crippen molar-refractivity contribution in [2.45, 2.75) is 46.6 Å². The molecule has 1 aliphatic heterocycles. The second kappa shape index (κ2) is 12.1. The van der Waals surface area contributed by atoms with Crippen LogP contribution in [0.2, 0.25) is 0 Å². The van der Waals surface area contributed by atoms with Crippen LogP contribution in [0.3, 0.4) is 0 Å². The number of aryl methyl sites for hydroxylation is 2. The van der Waals surface area contributed by atoms with Crippen LogP contribution in [-0.2, 0) is 13.0 Å². The second-order valence-corrected chi connectivity index (χ2v) is 9.35. The summed E-state index contributed by atoms with van der Waals surface area (Å²) in [7, 11) is 1.73. The highest BCUT2D eigenvalue weighted by Gasteiger charge is 2.19. The Morgan fingerprint density at radius 3 is 2.74 bits per heavy atom. The highest BCUT2D eigenvalue weighted by molar-refractivity contribution is 7.09. The molecule has 0 aliphatic carbocycles. The summed E-state index contributed by atoms with van der Waals surface area (Å²) in [4.78, 5) is 12.0. The number of nitrogens with zero attached hydrogens (tertiary/aromatic N) is 3. The van der Waals surface area contributed by atoms with Crippen LogP contribution in [0.5, 0.6) is 5.75 Å². The molecule has 0 saturated carbocycles. The van der Waals surface area contributed by atoms with E-state index in [1.165, 1.54) is 29.7 Å². The number of rotatable bonds is 9. The zero-order chi connectivity index (χ0) is 22.1. The molecule has 170 valence electrons. The number of aromatic nitrogens is 1. The van der Waals surface area contributed by atoms with E-state index in [4.69, 9.17) is 9.73 Å². The average molecular weight is 444 g/mol. The van der Waals surface area contributed by atoms with E-state index in [0.717, 1.165) is 62.4 Å². The number of piperidine rings is 1. The number of hydrogen-bond acceptors (Lipinski definition) is 5. The van der Waals surface area contributed by atoms with Gasteiger partial charge in [0.15, 0.2) is 5.96 Å². The molecule has 0 atom stereocenters. The van der Waals surface area contributed by atoms with E-state index in [1.807, 2.05) is 6.07 Å². The summed E-state index contributed by atoms with van der Waals surface area (Å²) in [6.45, 7) is 12.1. The van der Waals surface area contributed by atoms with Gasteiger partial charge in [0, 0.05) is 31.6 Å². The van der Waals surface area contributed by atoms with Crippen molar-refractivity contribution in [1.29, 1.82) is 0 Å². The van der Waals surface area contributed by atoms with Gasteiger partial charge in [-0.3, -0.25) is 9.89 Å². The lowest BCUT2D eigenvalue weighted by Crippen LogP contribution is -2.39.